The number of rotatable bonds is 6. The number of thioether (sulfide) groups is 1. The SMILES string of the molecule is O=C(CCN1CCSC1=O)OCC(=O)N1CCN(c2ccccc2F)CC1. The van der Waals surface area contributed by atoms with Gasteiger partial charge in [-0.15, -0.1) is 0 Å². The zero-order valence-corrected chi connectivity index (χ0v) is 15.8. The lowest BCUT2D eigenvalue weighted by Crippen LogP contribution is -2.50. The Labute approximate surface area is 161 Å². The van der Waals surface area contributed by atoms with Crippen LogP contribution in [0.3, 0.4) is 0 Å². The number of piperazine rings is 1. The summed E-state index contributed by atoms with van der Waals surface area (Å²) in [4.78, 5) is 40.6. The summed E-state index contributed by atoms with van der Waals surface area (Å²) >= 11 is 1.24. The van der Waals surface area contributed by atoms with E-state index in [9.17, 15) is 18.8 Å². The molecule has 2 aliphatic rings. The predicted octanol–water partition coefficient (Wildman–Crippen LogP) is 1.58. The summed E-state index contributed by atoms with van der Waals surface area (Å²) in [5.41, 5.74) is 0.533. The van der Waals surface area contributed by atoms with E-state index >= 15 is 0 Å². The Kier molecular flexibility index (Phi) is 6.54. The minimum absolute atomic E-state index is 0.0217. The van der Waals surface area contributed by atoms with Crippen molar-refractivity contribution in [2.45, 2.75) is 6.42 Å². The zero-order valence-electron chi connectivity index (χ0n) is 14.9. The number of carbonyl (C=O) groups is 3. The normalized spacial score (nSPS) is 17.4. The van der Waals surface area contributed by atoms with E-state index in [0.29, 0.717) is 45.0 Å². The molecule has 0 aliphatic carbocycles. The molecule has 0 N–H and O–H groups in total. The van der Waals surface area contributed by atoms with Gasteiger partial charge in [0.2, 0.25) is 0 Å². The van der Waals surface area contributed by atoms with Crippen LogP contribution in [0.5, 0.6) is 0 Å². The summed E-state index contributed by atoms with van der Waals surface area (Å²) < 4.78 is 18.9. The molecule has 9 heteroatoms. The number of nitrogens with zero attached hydrogens (tertiary/aromatic N) is 3. The first-order valence-electron chi connectivity index (χ1n) is 8.89. The molecule has 27 heavy (non-hydrogen) atoms. The number of para-hydroxylation sites is 1. The fourth-order valence-electron chi connectivity index (χ4n) is 3.07. The molecule has 0 bridgehead atoms. The molecular formula is C18H22FN3O4S. The van der Waals surface area contributed by atoms with Gasteiger partial charge in [0.25, 0.3) is 11.1 Å². The molecular weight excluding hydrogens is 373 g/mol. The second kappa shape index (κ2) is 9.07. The highest BCUT2D eigenvalue weighted by Gasteiger charge is 2.24. The third-order valence-electron chi connectivity index (χ3n) is 4.61. The molecule has 0 unspecified atom stereocenters. The first-order chi connectivity index (χ1) is 13.0. The van der Waals surface area contributed by atoms with Crippen LogP contribution in [-0.4, -0.2) is 78.5 Å². The van der Waals surface area contributed by atoms with Crippen LogP contribution >= 0.6 is 11.8 Å². The Bertz CT molecular complexity index is 710. The molecule has 2 heterocycles. The lowest BCUT2D eigenvalue weighted by atomic mass is 10.2. The molecule has 0 saturated carbocycles. The standard InChI is InChI=1S/C18H22FN3O4S/c19-14-3-1-2-4-15(14)20-7-9-21(10-8-20)16(23)13-26-17(24)5-6-22-11-12-27-18(22)25/h1-4H,5-13H2. The maximum atomic E-state index is 13.8. The van der Waals surface area contributed by atoms with E-state index in [0.717, 1.165) is 5.75 Å². The maximum Gasteiger partial charge on any atom is 0.308 e. The van der Waals surface area contributed by atoms with E-state index < -0.39 is 5.97 Å². The number of hydrogen-bond donors (Lipinski definition) is 0. The highest BCUT2D eigenvalue weighted by molar-refractivity contribution is 8.13. The Morgan fingerprint density at radius 2 is 1.85 bits per heavy atom. The lowest BCUT2D eigenvalue weighted by molar-refractivity contribution is -0.152. The van der Waals surface area contributed by atoms with Crippen molar-refractivity contribution in [3.8, 4) is 0 Å². The Morgan fingerprint density at radius 1 is 1.11 bits per heavy atom. The smallest absolute Gasteiger partial charge is 0.308 e. The molecule has 2 amide bonds. The molecule has 146 valence electrons. The molecule has 0 radical (unpaired) electrons. The molecule has 0 aromatic heterocycles. The summed E-state index contributed by atoms with van der Waals surface area (Å²) in [7, 11) is 0. The molecule has 2 fully saturated rings. The summed E-state index contributed by atoms with van der Waals surface area (Å²) in [6.07, 6.45) is 0.0840. The van der Waals surface area contributed by atoms with Gasteiger partial charge in [-0.3, -0.25) is 14.4 Å². The van der Waals surface area contributed by atoms with Crippen LogP contribution in [0.2, 0.25) is 0 Å². The van der Waals surface area contributed by atoms with Gasteiger partial charge in [0.05, 0.1) is 12.1 Å². The minimum atomic E-state index is -0.488. The summed E-state index contributed by atoms with van der Waals surface area (Å²) in [6.45, 7) is 2.60. The van der Waals surface area contributed by atoms with E-state index in [1.165, 1.54) is 17.8 Å². The minimum Gasteiger partial charge on any atom is -0.456 e. The number of anilines is 1. The molecule has 0 atom stereocenters. The van der Waals surface area contributed by atoms with E-state index in [2.05, 4.69) is 0 Å². The van der Waals surface area contributed by atoms with Crippen LogP contribution < -0.4 is 4.90 Å². The van der Waals surface area contributed by atoms with E-state index in [4.69, 9.17) is 4.74 Å². The van der Waals surface area contributed by atoms with Crippen molar-refractivity contribution < 1.29 is 23.5 Å². The van der Waals surface area contributed by atoms with Crippen LogP contribution in [0.25, 0.3) is 0 Å². The fourth-order valence-corrected chi connectivity index (χ4v) is 3.92. The van der Waals surface area contributed by atoms with E-state index in [-0.39, 0.29) is 30.0 Å². The second-order valence-corrected chi connectivity index (χ2v) is 7.38. The van der Waals surface area contributed by atoms with Crippen LogP contribution in [0.15, 0.2) is 24.3 Å². The molecule has 1 aromatic carbocycles. The van der Waals surface area contributed by atoms with Gasteiger partial charge >= 0.3 is 5.97 Å². The average molecular weight is 395 g/mol. The van der Waals surface area contributed by atoms with Crippen LogP contribution in [0, 0.1) is 5.82 Å². The summed E-state index contributed by atoms with van der Waals surface area (Å²) in [5.74, 6) is -0.283. The van der Waals surface area contributed by atoms with Gasteiger partial charge in [0.1, 0.15) is 5.82 Å². The van der Waals surface area contributed by atoms with Gasteiger partial charge in [-0.1, -0.05) is 23.9 Å². The first-order valence-corrected chi connectivity index (χ1v) is 9.88. The second-order valence-electron chi connectivity index (χ2n) is 6.33. The fraction of sp³-hybridized carbons (Fsp3) is 0.500. The van der Waals surface area contributed by atoms with Crippen LogP contribution in [0.4, 0.5) is 14.9 Å². The number of hydrogen-bond acceptors (Lipinski definition) is 6. The van der Waals surface area contributed by atoms with Crippen molar-refractivity contribution in [1.82, 2.24) is 9.80 Å². The number of benzene rings is 1. The number of amides is 2. The third kappa shape index (κ3) is 5.12. The van der Waals surface area contributed by atoms with Crippen molar-refractivity contribution in [3.05, 3.63) is 30.1 Å². The predicted molar refractivity (Wildman–Crippen MR) is 100 cm³/mol. The zero-order chi connectivity index (χ0) is 19.2. The topological polar surface area (TPSA) is 70.2 Å². The van der Waals surface area contributed by atoms with Gasteiger partial charge in [0.15, 0.2) is 6.61 Å². The third-order valence-corrected chi connectivity index (χ3v) is 5.50. The van der Waals surface area contributed by atoms with Gasteiger partial charge in [0, 0.05) is 45.0 Å². The van der Waals surface area contributed by atoms with Gasteiger partial charge < -0.3 is 19.4 Å². The number of ether oxygens (including phenoxy) is 1. The summed E-state index contributed by atoms with van der Waals surface area (Å²) in [6, 6.07) is 6.56. The van der Waals surface area contributed by atoms with Crippen molar-refractivity contribution in [2.24, 2.45) is 0 Å². The van der Waals surface area contributed by atoms with Crippen molar-refractivity contribution in [3.63, 3.8) is 0 Å². The highest BCUT2D eigenvalue weighted by atomic mass is 32.2. The number of esters is 1. The molecule has 2 aliphatic heterocycles. The Balaban J connectivity index is 1.37. The van der Waals surface area contributed by atoms with Gasteiger partial charge in [-0.05, 0) is 12.1 Å². The largest absolute Gasteiger partial charge is 0.456 e. The molecule has 2 saturated heterocycles. The van der Waals surface area contributed by atoms with Crippen molar-refractivity contribution in [2.75, 3.05) is 56.5 Å². The molecule has 0 spiro atoms. The number of carbonyl (C=O) groups excluding carboxylic acids is 3. The molecule has 7 nitrogen and oxygen atoms in total. The van der Waals surface area contributed by atoms with Crippen molar-refractivity contribution in [1.29, 1.82) is 0 Å². The van der Waals surface area contributed by atoms with E-state index in [1.54, 1.807) is 28.0 Å². The molecule has 3 rings (SSSR count). The quantitative estimate of drug-likeness (QED) is 0.681. The molecule has 1 aromatic rings. The van der Waals surface area contributed by atoms with E-state index in [1.807, 2.05) is 4.90 Å². The first kappa shape index (κ1) is 19.5. The number of halogens is 1. The van der Waals surface area contributed by atoms with Crippen LogP contribution in [0.1, 0.15) is 6.42 Å². The lowest BCUT2D eigenvalue weighted by Gasteiger charge is -2.36. The van der Waals surface area contributed by atoms with Gasteiger partial charge in [-0.25, -0.2) is 4.39 Å². The van der Waals surface area contributed by atoms with Crippen LogP contribution in [-0.2, 0) is 14.3 Å². The monoisotopic (exact) mass is 395 g/mol. The maximum absolute atomic E-state index is 13.8. The Hall–Kier alpha value is -2.29. The van der Waals surface area contributed by atoms with Gasteiger partial charge in [-0.2, -0.15) is 0 Å². The average Bonchev–Trinajstić information content (AvgIpc) is 3.10. The highest BCUT2D eigenvalue weighted by Crippen LogP contribution is 2.20. The summed E-state index contributed by atoms with van der Waals surface area (Å²) in [5, 5.41) is -0.0217. The Morgan fingerprint density at radius 3 is 2.52 bits per heavy atom. The van der Waals surface area contributed by atoms with Crippen molar-refractivity contribution >= 4 is 34.6 Å².